The molecule has 1 aromatic rings. The number of amides is 2. The number of primary amides is 1. The fourth-order valence-electron chi connectivity index (χ4n) is 2.78. The fraction of sp³-hybridized carbons (Fsp3) is 0.611. The van der Waals surface area contributed by atoms with Gasteiger partial charge in [-0.15, -0.1) is 0 Å². The molecular formula is C18H28ClFN2O2. The zero-order valence-corrected chi connectivity index (χ0v) is 15.3. The van der Waals surface area contributed by atoms with Crippen molar-refractivity contribution in [1.82, 2.24) is 4.90 Å². The van der Waals surface area contributed by atoms with Gasteiger partial charge in [-0.25, -0.2) is 9.18 Å². The molecule has 1 unspecified atom stereocenters. The van der Waals surface area contributed by atoms with E-state index in [0.29, 0.717) is 18.7 Å². The number of halogens is 2. The smallest absolute Gasteiger partial charge is 0.314 e. The number of rotatable bonds is 11. The number of benzene rings is 1. The molecule has 0 heterocycles. The zero-order valence-electron chi connectivity index (χ0n) is 14.6. The van der Waals surface area contributed by atoms with Crippen LogP contribution < -0.4 is 5.73 Å². The van der Waals surface area contributed by atoms with Crippen LogP contribution in [0.25, 0.3) is 0 Å². The highest BCUT2D eigenvalue weighted by atomic mass is 35.5. The summed E-state index contributed by atoms with van der Waals surface area (Å²) in [7, 11) is 3.37. The average Bonchev–Trinajstić information content (AvgIpc) is 2.56. The number of hydrogen-bond donors (Lipinski definition) is 1. The van der Waals surface area contributed by atoms with Crippen molar-refractivity contribution in [2.45, 2.75) is 44.4 Å². The lowest BCUT2D eigenvalue weighted by Gasteiger charge is -2.20. The van der Waals surface area contributed by atoms with E-state index in [-0.39, 0.29) is 16.8 Å². The molecule has 0 aliphatic heterocycles. The molecule has 0 aromatic heterocycles. The molecule has 1 atom stereocenters. The molecular weight excluding hydrogens is 331 g/mol. The molecule has 0 spiro atoms. The summed E-state index contributed by atoms with van der Waals surface area (Å²) in [6.07, 6.45) is 5.43. The van der Waals surface area contributed by atoms with E-state index in [2.05, 4.69) is 0 Å². The van der Waals surface area contributed by atoms with Gasteiger partial charge in [0.15, 0.2) is 0 Å². The lowest BCUT2D eigenvalue weighted by molar-refractivity contribution is 0.191. The van der Waals surface area contributed by atoms with E-state index in [9.17, 15) is 9.18 Å². The second-order valence-electron chi connectivity index (χ2n) is 6.08. The largest absolute Gasteiger partial charge is 0.385 e. The molecule has 0 aliphatic rings. The van der Waals surface area contributed by atoms with E-state index in [1.807, 2.05) is 6.07 Å². The van der Waals surface area contributed by atoms with E-state index < -0.39 is 6.03 Å². The van der Waals surface area contributed by atoms with Crippen LogP contribution in [0.4, 0.5) is 9.18 Å². The maximum atomic E-state index is 14.3. The van der Waals surface area contributed by atoms with E-state index in [1.54, 1.807) is 26.3 Å². The third-order valence-electron chi connectivity index (χ3n) is 4.24. The van der Waals surface area contributed by atoms with E-state index >= 15 is 0 Å². The molecule has 2 amide bonds. The quantitative estimate of drug-likeness (QED) is 0.589. The highest BCUT2D eigenvalue weighted by Gasteiger charge is 2.17. The standard InChI is InChI=1S/C18H28ClFN2O2/c1-22(18(21)23)12-5-3-8-14(9-4-6-13-24-2)15-10-7-11-16(19)17(15)20/h7,10-11,14H,3-6,8-9,12-13H2,1-2H3,(H2,21,23). The van der Waals surface area contributed by atoms with Crippen LogP contribution in [0.15, 0.2) is 18.2 Å². The Labute approximate surface area is 149 Å². The molecule has 24 heavy (non-hydrogen) atoms. The van der Waals surface area contributed by atoms with Crippen molar-refractivity contribution in [3.05, 3.63) is 34.6 Å². The van der Waals surface area contributed by atoms with Crippen LogP contribution in [0.2, 0.25) is 5.02 Å². The molecule has 0 saturated carbocycles. The van der Waals surface area contributed by atoms with Gasteiger partial charge < -0.3 is 15.4 Å². The molecule has 4 nitrogen and oxygen atoms in total. The fourth-order valence-corrected chi connectivity index (χ4v) is 2.96. The molecule has 1 aromatic carbocycles. The number of urea groups is 1. The Morgan fingerprint density at radius 2 is 1.96 bits per heavy atom. The summed E-state index contributed by atoms with van der Waals surface area (Å²) < 4.78 is 19.4. The summed E-state index contributed by atoms with van der Waals surface area (Å²) in [4.78, 5) is 12.5. The maximum absolute atomic E-state index is 14.3. The number of hydrogen-bond acceptors (Lipinski definition) is 2. The van der Waals surface area contributed by atoms with Gasteiger partial charge in [-0.3, -0.25) is 0 Å². The lowest BCUT2D eigenvalue weighted by atomic mass is 9.88. The summed E-state index contributed by atoms with van der Waals surface area (Å²) in [5.74, 6) is -0.190. The van der Waals surface area contributed by atoms with E-state index in [4.69, 9.17) is 22.1 Å². The highest BCUT2D eigenvalue weighted by Crippen LogP contribution is 2.32. The number of methoxy groups -OCH3 is 1. The van der Waals surface area contributed by atoms with Gasteiger partial charge in [0.05, 0.1) is 5.02 Å². The van der Waals surface area contributed by atoms with E-state index in [0.717, 1.165) is 38.5 Å². The summed E-state index contributed by atoms with van der Waals surface area (Å²) in [6.45, 7) is 1.33. The first-order valence-electron chi connectivity index (χ1n) is 8.40. The van der Waals surface area contributed by atoms with Gasteiger partial charge >= 0.3 is 6.03 Å². The van der Waals surface area contributed by atoms with Crippen molar-refractivity contribution in [3.8, 4) is 0 Å². The molecule has 6 heteroatoms. The van der Waals surface area contributed by atoms with Crippen LogP contribution in [-0.4, -0.2) is 38.2 Å². The second kappa shape index (κ2) is 11.3. The van der Waals surface area contributed by atoms with E-state index in [1.165, 1.54) is 4.90 Å². The van der Waals surface area contributed by atoms with Gasteiger partial charge in [-0.05, 0) is 43.2 Å². The molecule has 0 fully saturated rings. The summed E-state index contributed by atoms with van der Waals surface area (Å²) in [5.41, 5.74) is 5.89. The van der Waals surface area contributed by atoms with Crippen LogP contribution in [-0.2, 0) is 4.74 Å². The number of carbonyl (C=O) groups is 1. The molecule has 2 N–H and O–H groups in total. The van der Waals surface area contributed by atoms with Crippen LogP contribution >= 0.6 is 11.6 Å². The number of ether oxygens (including phenoxy) is 1. The Hall–Kier alpha value is -1.33. The minimum Gasteiger partial charge on any atom is -0.385 e. The van der Waals surface area contributed by atoms with Crippen molar-refractivity contribution >= 4 is 17.6 Å². The second-order valence-corrected chi connectivity index (χ2v) is 6.49. The predicted octanol–water partition coefficient (Wildman–Crippen LogP) is 4.56. The minimum absolute atomic E-state index is 0.124. The first-order chi connectivity index (χ1) is 11.5. The van der Waals surface area contributed by atoms with Gasteiger partial charge in [0.2, 0.25) is 0 Å². The van der Waals surface area contributed by atoms with Crippen molar-refractivity contribution in [2.24, 2.45) is 5.73 Å². The molecule has 0 radical (unpaired) electrons. The summed E-state index contributed by atoms with van der Waals surface area (Å²) in [5, 5.41) is 0.169. The Morgan fingerprint density at radius 3 is 2.58 bits per heavy atom. The van der Waals surface area contributed by atoms with Crippen LogP contribution in [0.3, 0.4) is 0 Å². The Bertz CT molecular complexity index is 514. The number of unbranched alkanes of at least 4 members (excludes halogenated alkanes) is 2. The number of nitrogens with two attached hydrogens (primary N) is 1. The SMILES string of the molecule is COCCCCC(CCCCN(C)C(N)=O)c1cccc(Cl)c1F. The van der Waals surface area contributed by atoms with Crippen LogP contribution in [0.1, 0.15) is 50.0 Å². The predicted molar refractivity (Wildman–Crippen MR) is 95.9 cm³/mol. The van der Waals surface area contributed by atoms with Gasteiger partial charge in [0, 0.05) is 27.3 Å². The van der Waals surface area contributed by atoms with Crippen molar-refractivity contribution in [1.29, 1.82) is 0 Å². The zero-order chi connectivity index (χ0) is 17.9. The van der Waals surface area contributed by atoms with Gasteiger partial charge in [0.1, 0.15) is 5.82 Å². The van der Waals surface area contributed by atoms with Crippen molar-refractivity contribution in [2.75, 3.05) is 27.3 Å². The molecule has 136 valence electrons. The minimum atomic E-state index is -0.424. The molecule has 1 rings (SSSR count). The van der Waals surface area contributed by atoms with Gasteiger partial charge in [-0.2, -0.15) is 0 Å². The third kappa shape index (κ3) is 7.05. The third-order valence-corrected chi connectivity index (χ3v) is 4.54. The van der Waals surface area contributed by atoms with Crippen LogP contribution in [0.5, 0.6) is 0 Å². The highest BCUT2D eigenvalue weighted by molar-refractivity contribution is 6.30. The first-order valence-corrected chi connectivity index (χ1v) is 8.78. The van der Waals surface area contributed by atoms with Gasteiger partial charge in [-0.1, -0.05) is 36.6 Å². The van der Waals surface area contributed by atoms with Crippen molar-refractivity contribution in [3.63, 3.8) is 0 Å². The molecule has 0 bridgehead atoms. The normalized spacial score (nSPS) is 12.2. The molecule has 0 aliphatic carbocycles. The first kappa shape index (κ1) is 20.7. The summed E-state index contributed by atoms with van der Waals surface area (Å²) in [6, 6.07) is 4.76. The monoisotopic (exact) mass is 358 g/mol. The Kier molecular flexibility index (Phi) is 9.72. The average molecular weight is 359 g/mol. The van der Waals surface area contributed by atoms with Crippen LogP contribution in [0, 0.1) is 5.82 Å². The maximum Gasteiger partial charge on any atom is 0.314 e. The topological polar surface area (TPSA) is 55.6 Å². The number of carbonyl (C=O) groups excluding carboxylic acids is 1. The van der Waals surface area contributed by atoms with Gasteiger partial charge in [0.25, 0.3) is 0 Å². The molecule has 0 saturated heterocycles. The van der Waals surface area contributed by atoms with Crippen molar-refractivity contribution < 1.29 is 13.9 Å². The summed E-state index contributed by atoms with van der Waals surface area (Å²) >= 11 is 5.93. The lowest BCUT2D eigenvalue weighted by Crippen LogP contribution is -2.32. The Balaban J connectivity index is 2.61. The Morgan fingerprint density at radius 1 is 1.29 bits per heavy atom. The number of nitrogens with zero attached hydrogens (tertiary/aromatic N) is 1.